The van der Waals surface area contributed by atoms with Crippen molar-refractivity contribution in [3.05, 3.63) is 78.8 Å². The van der Waals surface area contributed by atoms with E-state index in [-0.39, 0.29) is 6.17 Å². The molecule has 4 nitrogen and oxygen atoms in total. The molecule has 24 heavy (non-hydrogen) atoms. The van der Waals surface area contributed by atoms with Gasteiger partial charge < -0.3 is 14.9 Å². The van der Waals surface area contributed by atoms with Crippen LogP contribution in [-0.4, -0.2) is 16.2 Å². The molecule has 2 aromatic carbocycles. The van der Waals surface area contributed by atoms with Crippen LogP contribution < -0.4 is 4.90 Å². The average Bonchev–Trinajstić information content (AvgIpc) is 3.26. The summed E-state index contributed by atoms with van der Waals surface area (Å²) in [4.78, 5) is 13.7. The van der Waals surface area contributed by atoms with Crippen LogP contribution in [-0.2, 0) is 0 Å². The number of benzene rings is 2. The quantitative estimate of drug-likeness (QED) is 0.551. The number of allylic oxidation sites excluding steroid dienone is 1. The lowest BCUT2D eigenvalue weighted by molar-refractivity contribution is 0.738. The van der Waals surface area contributed by atoms with Crippen molar-refractivity contribution in [3.8, 4) is 0 Å². The van der Waals surface area contributed by atoms with E-state index < -0.39 is 0 Å². The van der Waals surface area contributed by atoms with Crippen molar-refractivity contribution in [1.82, 2.24) is 9.97 Å². The maximum Gasteiger partial charge on any atom is 0.152 e. The minimum absolute atomic E-state index is 0.0784. The van der Waals surface area contributed by atoms with Crippen molar-refractivity contribution in [2.75, 3.05) is 4.90 Å². The topological polar surface area (TPSA) is 47.2 Å². The number of rotatable bonds is 2. The molecule has 0 amide bonds. The molecule has 0 fully saturated rings. The maximum atomic E-state index is 4.75. The fourth-order valence-electron chi connectivity index (χ4n) is 3.44. The number of H-pyrrole nitrogens is 2. The summed E-state index contributed by atoms with van der Waals surface area (Å²) in [5.41, 5.74) is 4.58. The van der Waals surface area contributed by atoms with Gasteiger partial charge in [0.25, 0.3) is 0 Å². The molecule has 2 aromatic heterocycles. The summed E-state index contributed by atoms with van der Waals surface area (Å²) in [7, 11) is 0. The Morgan fingerprint density at radius 2 is 1.54 bits per heavy atom. The van der Waals surface area contributed by atoms with E-state index in [1.165, 1.54) is 16.3 Å². The molecular weight excluding hydrogens is 296 g/mol. The standard InChI is InChI=1S/C20H16N4/c1-3-8-17-14(6-1)16(12-22-17)20-21-10-5-11-24(20)19-13-23-18-9-4-2-7-15(18)19/h1-13,20,22-23H. The normalized spacial score (nSPS) is 17.2. The highest BCUT2D eigenvalue weighted by atomic mass is 15.2. The Labute approximate surface area is 139 Å². The number of hydrogen-bond acceptors (Lipinski definition) is 2. The molecule has 0 saturated carbocycles. The molecule has 116 valence electrons. The fourth-order valence-corrected chi connectivity index (χ4v) is 3.44. The zero-order chi connectivity index (χ0) is 15.9. The molecule has 1 aliphatic rings. The van der Waals surface area contributed by atoms with Crippen LogP contribution >= 0.6 is 0 Å². The molecule has 0 saturated heterocycles. The molecule has 0 aliphatic carbocycles. The minimum atomic E-state index is -0.0784. The molecule has 0 spiro atoms. The lowest BCUT2D eigenvalue weighted by Crippen LogP contribution is -2.23. The van der Waals surface area contributed by atoms with Crippen molar-refractivity contribution >= 4 is 33.7 Å². The SMILES string of the molecule is C1=CN(c2c[nH]c3ccccc23)C(c2c[nH]c3ccccc23)N=C1. The van der Waals surface area contributed by atoms with Gasteiger partial charge in [-0.1, -0.05) is 36.4 Å². The van der Waals surface area contributed by atoms with Crippen LogP contribution in [0.15, 0.2) is 78.2 Å². The van der Waals surface area contributed by atoms with E-state index in [0.29, 0.717) is 0 Å². The number of aromatic amines is 2. The van der Waals surface area contributed by atoms with E-state index in [9.17, 15) is 0 Å². The van der Waals surface area contributed by atoms with Crippen LogP contribution in [0.3, 0.4) is 0 Å². The van der Waals surface area contributed by atoms with E-state index >= 15 is 0 Å². The van der Waals surface area contributed by atoms with Gasteiger partial charge in [-0.2, -0.15) is 0 Å². The molecule has 5 rings (SSSR count). The first-order valence-electron chi connectivity index (χ1n) is 8.02. The zero-order valence-corrected chi connectivity index (χ0v) is 13.0. The van der Waals surface area contributed by atoms with Crippen molar-refractivity contribution in [3.63, 3.8) is 0 Å². The van der Waals surface area contributed by atoms with Crippen LogP contribution in [0.4, 0.5) is 5.69 Å². The summed E-state index contributed by atoms with van der Waals surface area (Å²) < 4.78 is 0. The monoisotopic (exact) mass is 312 g/mol. The third-order valence-corrected chi connectivity index (χ3v) is 4.57. The number of aliphatic imine (C=N–C) groups is 1. The predicted molar refractivity (Wildman–Crippen MR) is 99.4 cm³/mol. The molecule has 1 aliphatic heterocycles. The summed E-state index contributed by atoms with van der Waals surface area (Å²) >= 11 is 0. The van der Waals surface area contributed by atoms with Gasteiger partial charge in [-0.25, -0.2) is 0 Å². The zero-order valence-electron chi connectivity index (χ0n) is 13.0. The van der Waals surface area contributed by atoms with Gasteiger partial charge in [0.1, 0.15) is 0 Å². The summed E-state index contributed by atoms with van der Waals surface area (Å²) in [6.07, 6.45) is 9.98. The molecule has 2 N–H and O–H groups in total. The third-order valence-electron chi connectivity index (χ3n) is 4.57. The van der Waals surface area contributed by atoms with Gasteiger partial charge in [-0.15, -0.1) is 0 Å². The van der Waals surface area contributed by atoms with Gasteiger partial charge >= 0.3 is 0 Å². The van der Waals surface area contributed by atoms with E-state index in [1.807, 2.05) is 24.4 Å². The summed E-state index contributed by atoms with van der Waals surface area (Å²) in [6, 6.07) is 16.7. The van der Waals surface area contributed by atoms with Gasteiger partial charge in [0, 0.05) is 52.2 Å². The number of aromatic nitrogens is 2. The number of nitrogens with one attached hydrogen (secondary N) is 2. The van der Waals surface area contributed by atoms with Gasteiger partial charge in [0.2, 0.25) is 0 Å². The number of nitrogens with zero attached hydrogens (tertiary/aromatic N) is 2. The molecule has 1 unspecified atom stereocenters. The largest absolute Gasteiger partial charge is 0.361 e. The molecule has 0 bridgehead atoms. The highest BCUT2D eigenvalue weighted by Gasteiger charge is 2.24. The second-order valence-electron chi connectivity index (χ2n) is 5.93. The Morgan fingerprint density at radius 3 is 2.42 bits per heavy atom. The van der Waals surface area contributed by atoms with Crippen LogP contribution in [0.25, 0.3) is 21.8 Å². The Kier molecular flexibility index (Phi) is 2.82. The Morgan fingerprint density at radius 1 is 0.833 bits per heavy atom. The van der Waals surface area contributed by atoms with Crippen LogP contribution in [0.1, 0.15) is 11.7 Å². The van der Waals surface area contributed by atoms with E-state index in [4.69, 9.17) is 4.99 Å². The molecule has 3 heterocycles. The van der Waals surface area contributed by atoms with E-state index in [1.54, 1.807) is 0 Å². The smallest absolute Gasteiger partial charge is 0.152 e. The molecule has 4 aromatic rings. The number of anilines is 1. The number of para-hydroxylation sites is 2. The molecular formula is C20H16N4. The van der Waals surface area contributed by atoms with E-state index in [0.717, 1.165) is 16.7 Å². The second-order valence-corrected chi connectivity index (χ2v) is 5.93. The second kappa shape index (κ2) is 5.13. The first-order valence-corrected chi connectivity index (χ1v) is 8.02. The fraction of sp³-hybridized carbons (Fsp3) is 0.0500. The highest BCUT2D eigenvalue weighted by Crippen LogP contribution is 2.37. The number of fused-ring (bicyclic) bond motifs is 2. The average molecular weight is 312 g/mol. The van der Waals surface area contributed by atoms with Crippen LogP contribution in [0, 0.1) is 0 Å². The minimum Gasteiger partial charge on any atom is -0.361 e. The maximum absolute atomic E-state index is 4.75. The van der Waals surface area contributed by atoms with Crippen LogP contribution in [0.5, 0.6) is 0 Å². The van der Waals surface area contributed by atoms with Gasteiger partial charge in [0.15, 0.2) is 6.17 Å². The van der Waals surface area contributed by atoms with Gasteiger partial charge in [-0.3, -0.25) is 4.99 Å². The Balaban J connectivity index is 1.67. The highest BCUT2D eigenvalue weighted by molar-refractivity contribution is 5.95. The van der Waals surface area contributed by atoms with Crippen molar-refractivity contribution < 1.29 is 0 Å². The molecule has 4 heteroatoms. The van der Waals surface area contributed by atoms with Gasteiger partial charge in [0.05, 0.1) is 5.69 Å². The first-order chi connectivity index (χ1) is 11.9. The summed E-state index contributed by atoms with van der Waals surface area (Å²) in [5, 5.41) is 2.41. The lowest BCUT2D eigenvalue weighted by atomic mass is 10.1. The predicted octanol–water partition coefficient (Wildman–Crippen LogP) is 4.75. The van der Waals surface area contributed by atoms with Crippen LogP contribution in [0.2, 0.25) is 0 Å². The van der Waals surface area contributed by atoms with E-state index in [2.05, 4.69) is 69.9 Å². The third kappa shape index (κ3) is 1.90. The number of hydrogen-bond donors (Lipinski definition) is 2. The lowest BCUT2D eigenvalue weighted by Gasteiger charge is -2.29. The van der Waals surface area contributed by atoms with Gasteiger partial charge in [-0.05, 0) is 18.2 Å². The first kappa shape index (κ1) is 13.2. The summed E-state index contributed by atoms with van der Waals surface area (Å²) in [5.74, 6) is 0. The molecule has 1 atom stereocenters. The Hall–Kier alpha value is -3.27. The Bertz CT molecular complexity index is 995. The van der Waals surface area contributed by atoms with Crippen molar-refractivity contribution in [2.45, 2.75) is 6.17 Å². The van der Waals surface area contributed by atoms with Crippen molar-refractivity contribution in [2.24, 2.45) is 4.99 Å². The molecule has 0 radical (unpaired) electrons. The van der Waals surface area contributed by atoms with Crippen molar-refractivity contribution in [1.29, 1.82) is 0 Å². The summed E-state index contributed by atoms with van der Waals surface area (Å²) in [6.45, 7) is 0.